The molecular formula is C35H45N5O3S. The van der Waals surface area contributed by atoms with E-state index in [-0.39, 0.29) is 23.2 Å². The Hall–Kier alpha value is -2.62. The minimum atomic E-state index is -0.260. The summed E-state index contributed by atoms with van der Waals surface area (Å²) in [6.07, 6.45) is 12.7. The average Bonchev–Trinajstić information content (AvgIpc) is 3.46. The molecule has 9 rings (SSSR count). The maximum atomic E-state index is 13.4. The molecular weight excluding hydrogens is 570 g/mol. The second-order valence-electron chi connectivity index (χ2n) is 14.6. The van der Waals surface area contributed by atoms with Crippen LogP contribution in [0.5, 0.6) is 0 Å². The molecule has 4 aliphatic carbocycles. The minimum absolute atomic E-state index is 0.0645. The Morgan fingerprint density at radius 2 is 1.66 bits per heavy atom. The smallest absolute Gasteiger partial charge is 0.233 e. The number of rotatable bonds is 7. The van der Waals surface area contributed by atoms with Crippen molar-refractivity contribution in [2.24, 2.45) is 23.7 Å². The third-order valence-corrected chi connectivity index (χ3v) is 12.8. The number of carbonyl (C=O) groups excluding carboxylic acids is 2. The molecule has 2 saturated heterocycles. The van der Waals surface area contributed by atoms with Crippen LogP contribution in [0.3, 0.4) is 0 Å². The number of nitrogens with one attached hydrogen (secondary N) is 1. The second-order valence-corrected chi connectivity index (χ2v) is 15.7. The molecule has 1 atom stereocenters. The van der Waals surface area contributed by atoms with E-state index < -0.39 is 0 Å². The van der Waals surface area contributed by atoms with E-state index in [1.54, 1.807) is 17.8 Å². The molecule has 3 aliphatic heterocycles. The van der Waals surface area contributed by atoms with Gasteiger partial charge in [0, 0.05) is 79.8 Å². The van der Waals surface area contributed by atoms with Gasteiger partial charge in [-0.3, -0.25) is 39.2 Å². The van der Waals surface area contributed by atoms with E-state index in [9.17, 15) is 14.4 Å². The highest BCUT2D eigenvalue weighted by molar-refractivity contribution is 7.99. The van der Waals surface area contributed by atoms with Gasteiger partial charge >= 0.3 is 0 Å². The molecule has 2 amide bonds. The Balaban J connectivity index is 0.934. The zero-order chi connectivity index (χ0) is 30.0. The maximum Gasteiger partial charge on any atom is 0.233 e. The summed E-state index contributed by atoms with van der Waals surface area (Å²) in [5, 5.41) is 5.40. The molecule has 1 N–H and O–H groups in total. The largest absolute Gasteiger partial charge is 0.300 e. The number of hydrogen-bond acceptors (Lipinski definition) is 7. The molecule has 7 aliphatic rings. The van der Waals surface area contributed by atoms with Crippen LogP contribution >= 0.6 is 11.8 Å². The Morgan fingerprint density at radius 3 is 2.36 bits per heavy atom. The molecule has 4 saturated carbocycles. The minimum Gasteiger partial charge on any atom is -0.300 e. The van der Waals surface area contributed by atoms with Gasteiger partial charge in [-0.05, 0) is 93.7 Å². The van der Waals surface area contributed by atoms with Crippen LogP contribution in [0.1, 0.15) is 63.5 Å². The molecule has 1 aromatic carbocycles. The van der Waals surface area contributed by atoms with Crippen molar-refractivity contribution in [1.29, 1.82) is 0 Å². The fourth-order valence-electron chi connectivity index (χ4n) is 10.1. The summed E-state index contributed by atoms with van der Waals surface area (Å²) in [6.45, 7) is 8.47. The number of carbonyl (C=O) groups is 2. The molecule has 9 heteroatoms. The van der Waals surface area contributed by atoms with E-state index in [1.807, 2.05) is 13.0 Å². The van der Waals surface area contributed by atoms with Crippen LogP contribution in [0.4, 0.5) is 0 Å². The lowest BCUT2D eigenvalue weighted by Gasteiger charge is -2.61. The van der Waals surface area contributed by atoms with Crippen molar-refractivity contribution in [1.82, 2.24) is 19.8 Å². The highest BCUT2D eigenvalue weighted by atomic mass is 32.2. The lowest BCUT2D eigenvalue weighted by Crippen LogP contribution is -2.63. The van der Waals surface area contributed by atoms with Crippen LogP contribution in [-0.4, -0.2) is 76.9 Å². The number of aromatic nitrogens is 1. The first-order valence-electron chi connectivity index (χ1n) is 16.9. The van der Waals surface area contributed by atoms with Crippen molar-refractivity contribution in [3.8, 4) is 0 Å². The normalized spacial score (nSPS) is 32.5. The van der Waals surface area contributed by atoms with Gasteiger partial charge in [0.1, 0.15) is 0 Å². The average molecular weight is 616 g/mol. The first-order chi connectivity index (χ1) is 21.3. The van der Waals surface area contributed by atoms with Crippen molar-refractivity contribution in [3.05, 3.63) is 52.0 Å². The quantitative estimate of drug-likeness (QED) is 0.368. The summed E-state index contributed by atoms with van der Waals surface area (Å²) in [5.74, 6) is 3.32. The first-order valence-corrected chi connectivity index (χ1v) is 17.9. The van der Waals surface area contributed by atoms with Crippen LogP contribution in [-0.2, 0) is 9.59 Å². The molecule has 4 bridgehead atoms. The Labute approximate surface area is 264 Å². The van der Waals surface area contributed by atoms with Crippen molar-refractivity contribution in [2.75, 3.05) is 50.0 Å². The summed E-state index contributed by atoms with van der Waals surface area (Å²) in [4.78, 5) is 44.1. The summed E-state index contributed by atoms with van der Waals surface area (Å²) >= 11 is 1.80. The zero-order valence-electron chi connectivity index (χ0n) is 25.9. The molecule has 4 heterocycles. The van der Waals surface area contributed by atoms with E-state index in [0.29, 0.717) is 18.4 Å². The van der Waals surface area contributed by atoms with Gasteiger partial charge in [-0.2, -0.15) is 0 Å². The van der Waals surface area contributed by atoms with Crippen molar-refractivity contribution >= 4 is 34.5 Å². The van der Waals surface area contributed by atoms with Gasteiger partial charge in [-0.1, -0.05) is 6.07 Å². The number of imide groups is 1. The predicted molar refractivity (Wildman–Crippen MR) is 174 cm³/mol. The third-order valence-electron chi connectivity index (χ3n) is 11.8. The van der Waals surface area contributed by atoms with Crippen LogP contribution in [0.2, 0.25) is 0 Å². The number of thioether (sulfide) groups is 1. The molecule has 2 aromatic rings. The topological polar surface area (TPSA) is 77.9 Å². The molecule has 1 unspecified atom stereocenters. The lowest BCUT2D eigenvalue weighted by atomic mass is 9.52. The van der Waals surface area contributed by atoms with Crippen LogP contribution < -0.4 is 15.8 Å². The Kier molecular flexibility index (Phi) is 7.42. The maximum absolute atomic E-state index is 13.4. The number of fused-ring (bicyclic) bond motifs is 1. The number of pyridine rings is 1. The molecule has 0 spiro atoms. The summed E-state index contributed by atoms with van der Waals surface area (Å²) < 4.78 is 2.13. The SMILES string of the molecule is Cc1cc(=O)c2c(SCCN3CCN(C45CC6CC(CC(C6)C4)C5)CC3)cccc2n1N1C=C(C2CCC(=O)NC2=O)CC1. The number of piperidine rings is 1. The number of hydrogen-bond donors (Lipinski definition) is 1. The number of piperazine rings is 1. The van der Waals surface area contributed by atoms with Crippen LogP contribution in [0, 0.1) is 30.6 Å². The third kappa shape index (κ3) is 5.13. The number of aryl methyl sites for hydroxylation is 1. The summed E-state index contributed by atoms with van der Waals surface area (Å²) in [6, 6.07) is 7.93. The molecule has 8 nitrogen and oxygen atoms in total. The van der Waals surface area contributed by atoms with Crippen molar-refractivity contribution in [2.45, 2.75) is 75.1 Å². The highest BCUT2D eigenvalue weighted by Gasteiger charge is 2.53. The van der Waals surface area contributed by atoms with Gasteiger partial charge < -0.3 is 0 Å². The second kappa shape index (κ2) is 11.3. The zero-order valence-corrected chi connectivity index (χ0v) is 26.7. The van der Waals surface area contributed by atoms with E-state index in [1.165, 1.54) is 51.6 Å². The molecule has 44 heavy (non-hydrogen) atoms. The van der Waals surface area contributed by atoms with Crippen molar-refractivity contribution < 1.29 is 9.59 Å². The van der Waals surface area contributed by atoms with E-state index in [0.717, 1.165) is 83.2 Å². The van der Waals surface area contributed by atoms with Gasteiger partial charge in [-0.25, -0.2) is 0 Å². The van der Waals surface area contributed by atoms with Crippen LogP contribution in [0.25, 0.3) is 10.9 Å². The molecule has 234 valence electrons. The van der Waals surface area contributed by atoms with Gasteiger partial charge in [-0.15, -0.1) is 11.8 Å². The Bertz CT molecular complexity index is 1540. The number of amides is 2. The Morgan fingerprint density at radius 1 is 0.932 bits per heavy atom. The van der Waals surface area contributed by atoms with Gasteiger partial charge in [0.2, 0.25) is 11.8 Å². The number of nitrogens with zero attached hydrogens (tertiary/aromatic N) is 4. The van der Waals surface area contributed by atoms with Gasteiger partial charge in [0.25, 0.3) is 0 Å². The van der Waals surface area contributed by atoms with E-state index in [4.69, 9.17) is 0 Å². The molecule has 0 radical (unpaired) electrons. The van der Waals surface area contributed by atoms with E-state index in [2.05, 4.69) is 43.1 Å². The fraction of sp³-hybridized carbons (Fsp3) is 0.629. The highest BCUT2D eigenvalue weighted by Crippen LogP contribution is 2.57. The summed E-state index contributed by atoms with van der Waals surface area (Å²) in [5.41, 5.74) is 3.42. The molecule has 6 fully saturated rings. The number of benzene rings is 1. The first kappa shape index (κ1) is 28.8. The predicted octanol–water partition coefficient (Wildman–Crippen LogP) is 4.27. The van der Waals surface area contributed by atoms with E-state index >= 15 is 0 Å². The standard InChI is InChI=1S/C35H45N5O3S/c1-23-15-30(41)33-29(40(23)39-8-7-27(22-39)28-5-6-32(42)36-34(28)43)3-2-4-31(33)44-14-13-37-9-11-38(12-10-37)35-19-24-16-25(20-35)18-26(17-24)21-35/h2-4,15,22,24-26,28H,5-14,16-21H2,1H3,(H,36,42,43). The van der Waals surface area contributed by atoms with Gasteiger partial charge in [0.15, 0.2) is 5.43 Å². The van der Waals surface area contributed by atoms with Gasteiger partial charge in [0.05, 0.1) is 16.8 Å². The molecule has 1 aromatic heterocycles. The summed E-state index contributed by atoms with van der Waals surface area (Å²) in [7, 11) is 0. The fourth-order valence-corrected chi connectivity index (χ4v) is 11.2. The van der Waals surface area contributed by atoms with Crippen molar-refractivity contribution in [3.63, 3.8) is 0 Å². The van der Waals surface area contributed by atoms with Crippen LogP contribution in [0.15, 0.2) is 45.7 Å². The monoisotopic (exact) mass is 615 g/mol. The lowest BCUT2D eigenvalue weighted by molar-refractivity contribution is -0.135.